The van der Waals surface area contributed by atoms with Crippen LogP contribution in [0, 0.1) is 0 Å². The highest BCUT2D eigenvalue weighted by atomic mass is 16.5. The second-order valence-corrected chi connectivity index (χ2v) is 4.25. The van der Waals surface area contributed by atoms with Gasteiger partial charge < -0.3 is 15.2 Å². The van der Waals surface area contributed by atoms with Crippen LogP contribution >= 0.6 is 0 Å². The van der Waals surface area contributed by atoms with Gasteiger partial charge in [0.15, 0.2) is 6.04 Å². The van der Waals surface area contributed by atoms with Gasteiger partial charge in [-0.15, -0.1) is 0 Å². The Balaban J connectivity index is 2.26. The number of pyridine rings is 1. The van der Waals surface area contributed by atoms with Crippen LogP contribution in [0.4, 0.5) is 5.82 Å². The van der Waals surface area contributed by atoms with Crippen LogP contribution in [0.25, 0.3) is 0 Å². The summed E-state index contributed by atoms with van der Waals surface area (Å²) in [5.41, 5.74) is 0.891. The van der Waals surface area contributed by atoms with Crippen molar-refractivity contribution >= 4 is 17.8 Å². The molecule has 0 spiro atoms. The van der Waals surface area contributed by atoms with Crippen molar-refractivity contribution in [2.75, 3.05) is 12.4 Å². The maximum atomic E-state index is 11.5. The Morgan fingerprint density at radius 2 is 1.95 bits per heavy atom. The molecule has 1 atom stereocenters. The molecule has 0 saturated heterocycles. The molecule has 0 bridgehead atoms. The molecule has 21 heavy (non-hydrogen) atoms. The molecule has 6 nitrogen and oxygen atoms in total. The molecular formula is C15H14N2O4. The molecule has 1 aromatic carbocycles. The highest BCUT2D eigenvalue weighted by molar-refractivity contribution is 5.90. The molecule has 2 N–H and O–H groups in total. The number of methoxy groups -OCH3 is 1. The summed E-state index contributed by atoms with van der Waals surface area (Å²) >= 11 is 0. The number of hydrogen-bond acceptors (Lipinski definition) is 5. The summed E-state index contributed by atoms with van der Waals surface area (Å²) in [5, 5.41) is 12.1. The molecule has 2 aromatic rings. The lowest BCUT2D eigenvalue weighted by atomic mass is 10.1. The van der Waals surface area contributed by atoms with Crippen molar-refractivity contribution in [3.8, 4) is 0 Å². The number of carbonyl (C=O) groups excluding carboxylic acids is 1. The van der Waals surface area contributed by atoms with Gasteiger partial charge in [0.1, 0.15) is 5.82 Å². The summed E-state index contributed by atoms with van der Waals surface area (Å²) in [4.78, 5) is 26.9. The second-order valence-electron chi connectivity index (χ2n) is 4.25. The zero-order valence-corrected chi connectivity index (χ0v) is 11.3. The predicted molar refractivity (Wildman–Crippen MR) is 76.0 cm³/mol. The molecule has 0 amide bonds. The maximum absolute atomic E-state index is 11.5. The number of nitrogens with one attached hydrogen (secondary N) is 1. The molecule has 0 radical (unpaired) electrons. The first-order chi connectivity index (χ1) is 10.1. The molecule has 108 valence electrons. The number of carboxylic acid groups (broad SMARTS) is 1. The average Bonchev–Trinajstić information content (AvgIpc) is 2.52. The maximum Gasteiger partial charge on any atom is 0.338 e. The predicted octanol–water partition coefficient (Wildman–Crippen LogP) is 2.11. The first-order valence-electron chi connectivity index (χ1n) is 6.20. The van der Waals surface area contributed by atoms with E-state index in [4.69, 9.17) is 0 Å². The number of esters is 1. The highest BCUT2D eigenvalue weighted by Gasteiger charge is 2.20. The van der Waals surface area contributed by atoms with Gasteiger partial charge in [-0.3, -0.25) is 0 Å². The van der Waals surface area contributed by atoms with Gasteiger partial charge >= 0.3 is 11.9 Å². The van der Waals surface area contributed by atoms with E-state index >= 15 is 0 Å². The minimum Gasteiger partial charge on any atom is -0.479 e. The zero-order valence-electron chi connectivity index (χ0n) is 11.3. The number of rotatable bonds is 5. The van der Waals surface area contributed by atoms with E-state index in [9.17, 15) is 14.7 Å². The number of nitrogens with zero attached hydrogens (tertiary/aromatic N) is 1. The van der Waals surface area contributed by atoms with Crippen molar-refractivity contribution in [2.24, 2.45) is 0 Å². The Labute approximate surface area is 121 Å². The number of carbonyl (C=O) groups is 2. The van der Waals surface area contributed by atoms with Crippen LogP contribution in [0.5, 0.6) is 0 Å². The molecule has 0 aliphatic rings. The van der Waals surface area contributed by atoms with Gasteiger partial charge in [-0.2, -0.15) is 0 Å². The Hall–Kier alpha value is -2.89. The van der Waals surface area contributed by atoms with Crippen LogP contribution in [0.1, 0.15) is 22.0 Å². The van der Waals surface area contributed by atoms with E-state index in [-0.39, 0.29) is 5.82 Å². The summed E-state index contributed by atoms with van der Waals surface area (Å²) in [5.74, 6) is -1.26. The molecule has 1 heterocycles. The van der Waals surface area contributed by atoms with E-state index < -0.39 is 18.0 Å². The van der Waals surface area contributed by atoms with Crippen LogP contribution in [0.3, 0.4) is 0 Å². The summed E-state index contributed by atoms with van der Waals surface area (Å²) < 4.78 is 4.62. The standard InChI is InChI=1S/C15H14N2O4/c1-21-15(20)11-7-8-16-12(9-11)17-13(14(18)19)10-5-3-2-4-6-10/h2-9,13H,1H3,(H,16,17)(H,18,19). The number of carboxylic acids is 1. The molecule has 0 aliphatic carbocycles. The lowest BCUT2D eigenvalue weighted by molar-refractivity contribution is -0.138. The molecule has 1 unspecified atom stereocenters. The topological polar surface area (TPSA) is 88.5 Å². The van der Waals surface area contributed by atoms with E-state index in [1.807, 2.05) is 0 Å². The van der Waals surface area contributed by atoms with E-state index in [0.29, 0.717) is 11.1 Å². The van der Waals surface area contributed by atoms with Crippen LogP contribution < -0.4 is 5.32 Å². The first-order valence-corrected chi connectivity index (χ1v) is 6.20. The van der Waals surface area contributed by atoms with Crippen molar-refractivity contribution < 1.29 is 19.4 Å². The fraction of sp³-hybridized carbons (Fsp3) is 0.133. The Morgan fingerprint density at radius 3 is 2.57 bits per heavy atom. The normalized spacial score (nSPS) is 11.5. The Kier molecular flexibility index (Phi) is 4.50. The van der Waals surface area contributed by atoms with Crippen LogP contribution in [0.15, 0.2) is 48.7 Å². The second kappa shape index (κ2) is 6.51. The van der Waals surface area contributed by atoms with Gasteiger partial charge in [0.25, 0.3) is 0 Å². The third kappa shape index (κ3) is 3.56. The smallest absolute Gasteiger partial charge is 0.338 e. The molecular weight excluding hydrogens is 272 g/mol. The molecule has 6 heteroatoms. The number of aromatic nitrogens is 1. The average molecular weight is 286 g/mol. The summed E-state index contributed by atoms with van der Waals surface area (Å²) in [6.07, 6.45) is 1.42. The van der Waals surface area contributed by atoms with Crippen LogP contribution in [-0.2, 0) is 9.53 Å². The van der Waals surface area contributed by atoms with Crippen molar-refractivity contribution in [3.05, 3.63) is 59.8 Å². The zero-order chi connectivity index (χ0) is 15.2. The summed E-state index contributed by atoms with van der Waals surface area (Å²) in [6, 6.07) is 10.7. The van der Waals surface area contributed by atoms with Crippen molar-refractivity contribution in [1.29, 1.82) is 0 Å². The fourth-order valence-corrected chi connectivity index (χ4v) is 1.84. The lowest BCUT2D eigenvalue weighted by Crippen LogP contribution is -2.21. The number of hydrogen-bond donors (Lipinski definition) is 2. The van der Waals surface area contributed by atoms with E-state index in [1.54, 1.807) is 30.3 Å². The third-order valence-electron chi connectivity index (χ3n) is 2.85. The van der Waals surface area contributed by atoms with E-state index in [2.05, 4.69) is 15.0 Å². The van der Waals surface area contributed by atoms with Gasteiger partial charge in [0, 0.05) is 6.20 Å². The molecule has 0 fully saturated rings. The molecule has 0 aliphatic heterocycles. The van der Waals surface area contributed by atoms with Crippen molar-refractivity contribution in [1.82, 2.24) is 4.98 Å². The largest absolute Gasteiger partial charge is 0.479 e. The van der Waals surface area contributed by atoms with Crippen molar-refractivity contribution in [3.63, 3.8) is 0 Å². The number of benzene rings is 1. The van der Waals surface area contributed by atoms with Gasteiger partial charge in [-0.1, -0.05) is 30.3 Å². The monoisotopic (exact) mass is 286 g/mol. The molecule has 0 saturated carbocycles. The van der Waals surface area contributed by atoms with Crippen molar-refractivity contribution in [2.45, 2.75) is 6.04 Å². The minimum atomic E-state index is -1.04. The van der Waals surface area contributed by atoms with Gasteiger partial charge in [-0.05, 0) is 17.7 Å². The number of ether oxygens (including phenoxy) is 1. The summed E-state index contributed by atoms with van der Waals surface area (Å²) in [7, 11) is 1.28. The van der Waals surface area contributed by atoms with E-state index in [1.165, 1.54) is 25.4 Å². The highest BCUT2D eigenvalue weighted by Crippen LogP contribution is 2.19. The van der Waals surface area contributed by atoms with Gasteiger partial charge in [-0.25, -0.2) is 14.6 Å². The number of aliphatic carboxylic acids is 1. The Morgan fingerprint density at radius 1 is 1.24 bits per heavy atom. The quantitative estimate of drug-likeness (QED) is 0.818. The Bertz CT molecular complexity index is 643. The molecule has 2 rings (SSSR count). The van der Waals surface area contributed by atoms with Gasteiger partial charge in [0.2, 0.25) is 0 Å². The summed E-state index contributed by atoms with van der Waals surface area (Å²) in [6.45, 7) is 0. The molecule has 1 aromatic heterocycles. The third-order valence-corrected chi connectivity index (χ3v) is 2.85. The fourth-order valence-electron chi connectivity index (χ4n) is 1.84. The van der Waals surface area contributed by atoms with Crippen LogP contribution in [0.2, 0.25) is 0 Å². The van der Waals surface area contributed by atoms with E-state index in [0.717, 1.165) is 0 Å². The lowest BCUT2D eigenvalue weighted by Gasteiger charge is -2.15. The van der Waals surface area contributed by atoms with Gasteiger partial charge in [0.05, 0.1) is 12.7 Å². The minimum absolute atomic E-state index is 0.286. The van der Waals surface area contributed by atoms with Crippen LogP contribution in [-0.4, -0.2) is 29.1 Å². The SMILES string of the molecule is COC(=O)c1ccnc(NC(C(=O)O)c2ccccc2)c1. The number of anilines is 1. The first kappa shape index (κ1) is 14.5.